The van der Waals surface area contributed by atoms with Crippen molar-refractivity contribution < 1.29 is 44.8 Å². The number of alkyl carbamates (subject to hydrolysis) is 1. The van der Waals surface area contributed by atoms with Gasteiger partial charge in [-0.2, -0.15) is 21.6 Å². The van der Waals surface area contributed by atoms with Crippen LogP contribution in [-0.2, 0) is 37.4 Å². The molecule has 31 heavy (non-hydrogen) atoms. The predicted molar refractivity (Wildman–Crippen MR) is 101 cm³/mol. The second-order valence-electron chi connectivity index (χ2n) is 6.11. The summed E-state index contributed by atoms with van der Waals surface area (Å²) in [6.45, 7) is -0.0275. The number of hydrogen-bond donors (Lipinski definition) is 1. The standard InChI is InChI=1S/C19H18F3NO7S/c1-28-17(24)16(23-18(25)29-12-14-5-3-2-4-6-14)11-13-7-9-15(10-8-13)30-31(26,27)19(20,21)22/h2-10,16H,11-12H2,1H3,(H,23,25)/t16-/m0/s1. The topological polar surface area (TPSA) is 108 Å². The molecule has 8 nitrogen and oxygen atoms in total. The summed E-state index contributed by atoms with van der Waals surface area (Å²) in [6.07, 6.45) is -0.977. The van der Waals surface area contributed by atoms with E-state index in [0.717, 1.165) is 24.8 Å². The highest BCUT2D eigenvalue weighted by Crippen LogP contribution is 2.27. The van der Waals surface area contributed by atoms with E-state index in [2.05, 4.69) is 14.2 Å². The molecule has 1 amide bonds. The van der Waals surface area contributed by atoms with Gasteiger partial charge in [0.1, 0.15) is 18.4 Å². The molecule has 0 heterocycles. The fourth-order valence-corrected chi connectivity index (χ4v) is 2.79. The van der Waals surface area contributed by atoms with E-state index in [4.69, 9.17) is 4.74 Å². The maximum absolute atomic E-state index is 12.4. The summed E-state index contributed by atoms with van der Waals surface area (Å²) < 4.78 is 72.9. The van der Waals surface area contributed by atoms with E-state index in [-0.39, 0.29) is 13.0 Å². The van der Waals surface area contributed by atoms with Crippen LogP contribution in [0, 0.1) is 0 Å². The van der Waals surface area contributed by atoms with E-state index in [1.807, 2.05) is 0 Å². The zero-order valence-corrected chi connectivity index (χ0v) is 16.9. The van der Waals surface area contributed by atoms with Crippen molar-refractivity contribution in [3.05, 3.63) is 65.7 Å². The molecule has 0 bridgehead atoms. The molecule has 168 valence electrons. The molecule has 2 aromatic rings. The van der Waals surface area contributed by atoms with Crippen molar-refractivity contribution in [2.45, 2.75) is 24.6 Å². The van der Waals surface area contributed by atoms with E-state index in [9.17, 15) is 31.2 Å². The number of amides is 1. The molecule has 2 aromatic carbocycles. The molecule has 0 spiro atoms. The van der Waals surface area contributed by atoms with Gasteiger partial charge < -0.3 is 19.0 Å². The van der Waals surface area contributed by atoms with Crippen LogP contribution in [0.4, 0.5) is 18.0 Å². The van der Waals surface area contributed by atoms with Crippen LogP contribution in [0.15, 0.2) is 54.6 Å². The van der Waals surface area contributed by atoms with Crippen molar-refractivity contribution in [1.82, 2.24) is 5.32 Å². The van der Waals surface area contributed by atoms with Gasteiger partial charge in [0.05, 0.1) is 7.11 Å². The Hall–Kier alpha value is -3.28. The lowest BCUT2D eigenvalue weighted by molar-refractivity contribution is -0.143. The number of alkyl halides is 3. The summed E-state index contributed by atoms with van der Waals surface area (Å²) in [5.74, 6) is -1.34. The minimum absolute atomic E-state index is 0.0275. The van der Waals surface area contributed by atoms with E-state index in [1.165, 1.54) is 12.1 Å². The van der Waals surface area contributed by atoms with Crippen molar-refractivity contribution in [1.29, 1.82) is 0 Å². The number of nitrogens with one attached hydrogen (secondary N) is 1. The zero-order chi connectivity index (χ0) is 23.1. The minimum Gasteiger partial charge on any atom is -0.467 e. The Kier molecular flexibility index (Phi) is 7.86. The molecule has 0 saturated heterocycles. The fourth-order valence-electron chi connectivity index (χ4n) is 2.33. The molecule has 0 aromatic heterocycles. The Morgan fingerprint density at radius 1 is 1.00 bits per heavy atom. The molecular weight excluding hydrogens is 443 g/mol. The Morgan fingerprint density at radius 2 is 1.61 bits per heavy atom. The molecule has 0 radical (unpaired) electrons. The molecule has 0 saturated carbocycles. The highest BCUT2D eigenvalue weighted by molar-refractivity contribution is 7.88. The lowest BCUT2D eigenvalue weighted by atomic mass is 10.1. The van der Waals surface area contributed by atoms with Gasteiger partial charge in [-0.1, -0.05) is 42.5 Å². The fraction of sp³-hybridized carbons (Fsp3) is 0.263. The molecule has 0 aliphatic rings. The van der Waals surface area contributed by atoms with Crippen molar-refractivity contribution in [2.75, 3.05) is 7.11 Å². The number of benzene rings is 2. The third kappa shape index (κ3) is 7.17. The maximum Gasteiger partial charge on any atom is 0.534 e. The molecular formula is C19H18F3NO7S. The Morgan fingerprint density at radius 3 is 2.16 bits per heavy atom. The number of hydrogen-bond acceptors (Lipinski definition) is 7. The molecule has 0 unspecified atom stereocenters. The third-order valence-electron chi connectivity index (χ3n) is 3.84. The van der Waals surface area contributed by atoms with Crippen LogP contribution in [0.1, 0.15) is 11.1 Å². The summed E-state index contributed by atoms with van der Waals surface area (Å²) in [5.41, 5.74) is -4.45. The SMILES string of the molecule is COC(=O)[C@H](Cc1ccc(OS(=O)(=O)C(F)(F)F)cc1)NC(=O)OCc1ccccc1. The summed E-state index contributed by atoms with van der Waals surface area (Å²) in [6, 6.07) is 12.1. The zero-order valence-electron chi connectivity index (χ0n) is 16.1. The number of ether oxygens (including phenoxy) is 2. The van der Waals surface area contributed by atoms with Gasteiger partial charge in [-0.25, -0.2) is 9.59 Å². The summed E-state index contributed by atoms with van der Waals surface area (Å²) in [4.78, 5) is 24.0. The monoisotopic (exact) mass is 461 g/mol. The van der Waals surface area contributed by atoms with Crippen molar-refractivity contribution in [2.24, 2.45) is 0 Å². The van der Waals surface area contributed by atoms with Gasteiger partial charge in [0, 0.05) is 6.42 Å². The number of methoxy groups -OCH3 is 1. The average Bonchev–Trinajstić information content (AvgIpc) is 2.72. The number of carbonyl (C=O) groups excluding carboxylic acids is 2. The van der Waals surface area contributed by atoms with Crippen LogP contribution in [0.25, 0.3) is 0 Å². The van der Waals surface area contributed by atoms with Crippen LogP contribution >= 0.6 is 0 Å². The van der Waals surface area contributed by atoms with E-state index >= 15 is 0 Å². The molecule has 1 atom stereocenters. The number of carbonyl (C=O) groups is 2. The molecule has 2 rings (SSSR count). The first-order valence-corrected chi connectivity index (χ1v) is 10.1. The molecule has 0 aliphatic heterocycles. The van der Waals surface area contributed by atoms with Crippen LogP contribution in [0.3, 0.4) is 0 Å². The van der Waals surface area contributed by atoms with Gasteiger partial charge in [0.2, 0.25) is 0 Å². The van der Waals surface area contributed by atoms with Gasteiger partial charge in [-0.05, 0) is 23.3 Å². The largest absolute Gasteiger partial charge is 0.534 e. The number of rotatable bonds is 8. The summed E-state index contributed by atoms with van der Waals surface area (Å²) in [7, 11) is -4.68. The molecule has 0 fully saturated rings. The van der Waals surface area contributed by atoms with Gasteiger partial charge in [0.25, 0.3) is 0 Å². The highest BCUT2D eigenvalue weighted by Gasteiger charge is 2.48. The third-order valence-corrected chi connectivity index (χ3v) is 4.82. The summed E-state index contributed by atoms with van der Waals surface area (Å²) >= 11 is 0. The molecule has 1 N–H and O–H groups in total. The van der Waals surface area contributed by atoms with Gasteiger partial charge in [-0.15, -0.1) is 0 Å². The molecule has 12 heteroatoms. The lowest BCUT2D eigenvalue weighted by Crippen LogP contribution is -2.43. The maximum atomic E-state index is 12.4. The predicted octanol–water partition coefficient (Wildman–Crippen LogP) is 2.93. The number of esters is 1. The first-order chi connectivity index (χ1) is 14.5. The second-order valence-corrected chi connectivity index (χ2v) is 7.65. The first kappa shape index (κ1) is 24.0. The minimum atomic E-state index is -5.80. The molecule has 0 aliphatic carbocycles. The summed E-state index contributed by atoms with van der Waals surface area (Å²) in [5, 5.41) is 2.35. The lowest BCUT2D eigenvalue weighted by Gasteiger charge is -2.17. The Bertz CT molecular complexity index is 993. The van der Waals surface area contributed by atoms with Gasteiger partial charge >= 0.3 is 27.7 Å². The smallest absolute Gasteiger partial charge is 0.467 e. The number of halogens is 3. The van der Waals surface area contributed by atoms with Gasteiger partial charge in [-0.3, -0.25) is 0 Å². The van der Waals surface area contributed by atoms with Gasteiger partial charge in [0.15, 0.2) is 0 Å². The van der Waals surface area contributed by atoms with Crippen LogP contribution in [0.5, 0.6) is 5.75 Å². The Labute approximate surface area is 176 Å². The average molecular weight is 461 g/mol. The van der Waals surface area contributed by atoms with Crippen LogP contribution < -0.4 is 9.50 Å². The van der Waals surface area contributed by atoms with Crippen molar-refractivity contribution >= 4 is 22.2 Å². The van der Waals surface area contributed by atoms with Crippen LogP contribution in [0.2, 0.25) is 0 Å². The quantitative estimate of drug-likeness (QED) is 0.366. The van der Waals surface area contributed by atoms with Crippen LogP contribution in [-0.4, -0.2) is 39.1 Å². The van der Waals surface area contributed by atoms with Crippen molar-refractivity contribution in [3.8, 4) is 5.75 Å². The normalized spacial score (nSPS) is 12.5. The van der Waals surface area contributed by atoms with E-state index < -0.39 is 39.5 Å². The Balaban J connectivity index is 2.00. The highest BCUT2D eigenvalue weighted by atomic mass is 32.2. The first-order valence-electron chi connectivity index (χ1n) is 8.66. The van der Waals surface area contributed by atoms with E-state index in [1.54, 1.807) is 30.3 Å². The van der Waals surface area contributed by atoms with Crippen molar-refractivity contribution in [3.63, 3.8) is 0 Å². The second kappa shape index (κ2) is 10.2. The van der Waals surface area contributed by atoms with E-state index in [0.29, 0.717) is 5.56 Å².